The van der Waals surface area contributed by atoms with E-state index in [1.807, 2.05) is 0 Å². The van der Waals surface area contributed by atoms with E-state index in [9.17, 15) is 24.0 Å². The standard InChI is InChI=1S/C22H34N8O6S/c23-13(7-4-8-27-22(25)26)18(32)28-14(9-12-5-2-1-3-6-12)19(33)29-15(10-17(24)31)20(34)30-16(11-37)21(35)36/h1-3,5-6,13-16,37H,4,7-11,23H2,(H2,24,31)(H,28,32)(H,29,33)(H,30,34)(H,35,36)(H4,25,26,27). The van der Waals surface area contributed by atoms with E-state index in [4.69, 9.17) is 28.0 Å². The zero-order chi connectivity index (χ0) is 28.0. The van der Waals surface area contributed by atoms with Gasteiger partial charge in [0.05, 0.1) is 12.5 Å². The van der Waals surface area contributed by atoms with Gasteiger partial charge in [0, 0.05) is 18.7 Å². The molecule has 0 fully saturated rings. The maximum atomic E-state index is 13.2. The van der Waals surface area contributed by atoms with Gasteiger partial charge in [-0.2, -0.15) is 12.6 Å². The monoisotopic (exact) mass is 538 g/mol. The van der Waals surface area contributed by atoms with Gasteiger partial charge in [0.2, 0.25) is 23.6 Å². The zero-order valence-corrected chi connectivity index (χ0v) is 21.0. The van der Waals surface area contributed by atoms with E-state index in [1.54, 1.807) is 30.3 Å². The van der Waals surface area contributed by atoms with Gasteiger partial charge in [-0.1, -0.05) is 30.3 Å². The fourth-order valence-corrected chi connectivity index (χ4v) is 3.38. The van der Waals surface area contributed by atoms with Crippen molar-refractivity contribution in [1.82, 2.24) is 16.0 Å². The van der Waals surface area contributed by atoms with Crippen LogP contribution in [0.3, 0.4) is 0 Å². The molecular weight excluding hydrogens is 504 g/mol. The van der Waals surface area contributed by atoms with E-state index in [1.165, 1.54) is 0 Å². The maximum Gasteiger partial charge on any atom is 0.327 e. The highest BCUT2D eigenvalue weighted by Crippen LogP contribution is 2.06. The molecule has 0 bridgehead atoms. The first-order chi connectivity index (χ1) is 17.4. The van der Waals surface area contributed by atoms with Crippen LogP contribution in [-0.4, -0.2) is 77.1 Å². The van der Waals surface area contributed by atoms with Crippen molar-refractivity contribution in [3.63, 3.8) is 0 Å². The molecule has 4 unspecified atom stereocenters. The normalized spacial score (nSPS) is 13.8. The minimum absolute atomic E-state index is 0.0401. The fraction of sp³-hybridized carbons (Fsp3) is 0.455. The lowest BCUT2D eigenvalue weighted by Crippen LogP contribution is -2.58. The number of nitrogens with zero attached hydrogens (tertiary/aromatic N) is 1. The Kier molecular flexibility index (Phi) is 13.5. The van der Waals surface area contributed by atoms with Crippen molar-refractivity contribution in [2.45, 2.75) is 49.9 Å². The number of hydrogen-bond donors (Lipinski definition) is 9. The first-order valence-electron chi connectivity index (χ1n) is 11.3. The molecule has 0 spiro atoms. The number of carboxylic acid groups (broad SMARTS) is 1. The number of amides is 4. The van der Waals surface area contributed by atoms with Gasteiger partial charge in [0.15, 0.2) is 5.96 Å². The quantitative estimate of drug-likeness (QED) is 0.0447. The van der Waals surface area contributed by atoms with Crippen LogP contribution in [0.25, 0.3) is 0 Å². The summed E-state index contributed by atoms with van der Waals surface area (Å²) in [6, 6.07) is 3.73. The van der Waals surface area contributed by atoms with Crippen LogP contribution >= 0.6 is 12.6 Å². The molecule has 1 rings (SSSR count). The van der Waals surface area contributed by atoms with Crippen molar-refractivity contribution in [3.05, 3.63) is 35.9 Å². The Hall–Kier alpha value is -3.85. The summed E-state index contributed by atoms with van der Waals surface area (Å²) in [7, 11) is 0. The highest BCUT2D eigenvalue weighted by atomic mass is 32.1. The van der Waals surface area contributed by atoms with Crippen LogP contribution in [0.2, 0.25) is 0 Å². The third kappa shape index (κ3) is 12.1. The number of aliphatic carboxylic acids is 1. The van der Waals surface area contributed by atoms with Gasteiger partial charge in [-0.05, 0) is 18.4 Å². The van der Waals surface area contributed by atoms with Gasteiger partial charge in [-0.25, -0.2) is 4.79 Å². The average molecular weight is 539 g/mol. The van der Waals surface area contributed by atoms with Gasteiger partial charge in [-0.15, -0.1) is 0 Å². The van der Waals surface area contributed by atoms with Gasteiger partial charge in [0.25, 0.3) is 0 Å². The second-order valence-electron chi connectivity index (χ2n) is 8.12. The van der Waals surface area contributed by atoms with Crippen LogP contribution < -0.4 is 38.9 Å². The molecule has 1 aromatic carbocycles. The molecule has 37 heavy (non-hydrogen) atoms. The molecule has 0 radical (unpaired) electrons. The first kappa shape index (κ1) is 31.2. The molecule has 4 amide bonds. The minimum Gasteiger partial charge on any atom is -0.480 e. The Bertz CT molecular complexity index is 973. The van der Waals surface area contributed by atoms with Crippen molar-refractivity contribution >= 4 is 48.2 Å². The number of nitrogens with one attached hydrogen (secondary N) is 3. The Morgan fingerprint density at radius 1 is 0.892 bits per heavy atom. The van der Waals surface area contributed by atoms with Crippen molar-refractivity contribution < 1.29 is 29.1 Å². The number of thiol groups is 1. The molecular formula is C22H34N8O6S. The number of carbonyl (C=O) groups excluding carboxylic acids is 4. The van der Waals surface area contributed by atoms with Crippen LogP contribution in [0.1, 0.15) is 24.8 Å². The molecule has 0 saturated heterocycles. The second-order valence-corrected chi connectivity index (χ2v) is 8.48. The topological polar surface area (TPSA) is 258 Å². The van der Waals surface area contributed by atoms with Gasteiger partial charge in [0.1, 0.15) is 18.1 Å². The number of carboxylic acids is 1. The number of primary amides is 1. The summed E-state index contributed by atoms with van der Waals surface area (Å²) in [5, 5.41) is 16.3. The van der Waals surface area contributed by atoms with Gasteiger partial charge < -0.3 is 44.0 Å². The Labute approximate surface area is 219 Å². The Morgan fingerprint density at radius 3 is 2.00 bits per heavy atom. The highest BCUT2D eigenvalue weighted by Gasteiger charge is 2.31. The lowest BCUT2D eigenvalue weighted by Gasteiger charge is -2.24. The van der Waals surface area contributed by atoms with Crippen LogP contribution in [-0.2, 0) is 30.4 Å². The minimum atomic E-state index is -1.49. The molecule has 0 aliphatic rings. The number of nitrogens with two attached hydrogens (primary N) is 4. The van der Waals surface area contributed by atoms with E-state index in [0.29, 0.717) is 12.0 Å². The molecule has 14 nitrogen and oxygen atoms in total. The highest BCUT2D eigenvalue weighted by molar-refractivity contribution is 7.80. The predicted molar refractivity (Wildman–Crippen MR) is 139 cm³/mol. The average Bonchev–Trinajstić information content (AvgIpc) is 2.83. The number of aliphatic imine (C=N–C) groups is 1. The number of hydrogen-bond acceptors (Lipinski definition) is 8. The van der Waals surface area contributed by atoms with Gasteiger partial charge in [-0.3, -0.25) is 24.2 Å². The Balaban J connectivity index is 3.02. The fourth-order valence-electron chi connectivity index (χ4n) is 3.13. The third-order valence-electron chi connectivity index (χ3n) is 5.06. The summed E-state index contributed by atoms with van der Waals surface area (Å²) >= 11 is 3.87. The van der Waals surface area contributed by atoms with Crippen LogP contribution in [0.5, 0.6) is 0 Å². The summed E-state index contributed by atoms with van der Waals surface area (Å²) < 4.78 is 0. The molecule has 12 N–H and O–H groups in total. The van der Waals surface area contributed by atoms with Crippen molar-refractivity contribution in [2.75, 3.05) is 12.3 Å². The number of rotatable bonds is 16. The molecule has 1 aromatic rings. The van der Waals surface area contributed by atoms with Gasteiger partial charge >= 0.3 is 5.97 Å². The molecule has 204 valence electrons. The molecule has 0 aromatic heterocycles. The lowest BCUT2D eigenvalue weighted by atomic mass is 10.0. The molecule has 0 heterocycles. The molecule has 0 saturated carbocycles. The summed E-state index contributed by atoms with van der Waals surface area (Å²) in [6.45, 7) is 0.269. The molecule has 15 heteroatoms. The number of carbonyl (C=O) groups is 5. The van der Waals surface area contributed by atoms with E-state index in [-0.39, 0.29) is 31.1 Å². The summed E-state index contributed by atoms with van der Waals surface area (Å²) in [5.41, 5.74) is 22.4. The molecule has 0 aliphatic carbocycles. The third-order valence-corrected chi connectivity index (χ3v) is 5.42. The SMILES string of the molecule is NC(=O)CC(NC(=O)C(Cc1ccccc1)NC(=O)C(N)CCCN=C(N)N)C(=O)NC(CS)C(=O)O. The van der Waals surface area contributed by atoms with Crippen LogP contribution in [0.15, 0.2) is 35.3 Å². The zero-order valence-electron chi connectivity index (χ0n) is 20.1. The Morgan fingerprint density at radius 2 is 1.46 bits per heavy atom. The molecule has 4 atom stereocenters. The molecule has 0 aliphatic heterocycles. The van der Waals surface area contributed by atoms with Crippen molar-refractivity contribution in [2.24, 2.45) is 27.9 Å². The van der Waals surface area contributed by atoms with E-state index in [0.717, 1.165) is 0 Å². The van der Waals surface area contributed by atoms with Crippen molar-refractivity contribution in [1.29, 1.82) is 0 Å². The lowest BCUT2D eigenvalue weighted by molar-refractivity contribution is -0.141. The summed E-state index contributed by atoms with van der Waals surface area (Å²) in [6.07, 6.45) is 0.0826. The second kappa shape index (κ2) is 16.0. The number of benzene rings is 1. The number of guanidine groups is 1. The summed E-state index contributed by atoms with van der Waals surface area (Å²) in [4.78, 5) is 65.1. The largest absolute Gasteiger partial charge is 0.480 e. The van der Waals surface area contributed by atoms with Crippen LogP contribution in [0, 0.1) is 0 Å². The predicted octanol–water partition coefficient (Wildman–Crippen LogP) is -3.05. The van der Waals surface area contributed by atoms with Crippen LogP contribution in [0.4, 0.5) is 0 Å². The van der Waals surface area contributed by atoms with E-state index >= 15 is 0 Å². The van der Waals surface area contributed by atoms with E-state index < -0.39 is 60.2 Å². The summed E-state index contributed by atoms with van der Waals surface area (Å²) in [5.74, 6) is -4.96. The smallest absolute Gasteiger partial charge is 0.327 e. The maximum absolute atomic E-state index is 13.2. The first-order valence-corrected chi connectivity index (χ1v) is 12.0. The van der Waals surface area contributed by atoms with E-state index in [2.05, 4.69) is 33.6 Å². The van der Waals surface area contributed by atoms with Crippen molar-refractivity contribution in [3.8, 4) is 0 Å².